The minimum Gasteiger partial charge on any atom is -0.418 e. The lowest BCUT2D eigenvalue weighted by Gasteiger charge is -2.33. The van der Waals surface area contributed by atoms with Crippen LogP contribution in [0.3, 0.4) is 0 Å². The highest BCUT2D eigenvalue weighted by molar-refractivity contribution is 5.83. The second kappa shape index (κ2) is 9.05. The van der Waals surface area contributed by atoms with Crippen molar-refractivity contribution in [2.45, 2.75) is 33.1 Å². The van der Waals surface area contributed by atoms with Gasteiger partial charge in [0.05, 0.1) is 5.52 Å². The Hall–Kier alpha value is -3.73. The molecule has 11 heteroatoms. The number of piperazine rings is 1. The molecule has 9 nitrogen and oxygen atoms in total. The van der Waals surface area contributed by atoms with Gasteiger partial charge in [-0.3, -0.25) is 0 Å². The average molecular weight is 498 g/mol. The van der Waals surface area contributed by atoms with Crippen molar-refractivity contribution in [3.63, 3.8) is 0 Å². The van der Waals surface area contributed by atoms with E-state index < -0.39 is 17.4 Å². The van der Waals surface area contributed by atoms with Gasteiger partial charge < -0.3 is 29.4 Å². The van der Waals surface area contributed by atoms with Crippen LogP contribution >= 0.6 is 0 Å². The minimum absolute atomic E-state index is 0.183. The number of aromatic nitrogens is 4. The molecule has 0 aliphatic carbocycles. The summed E-state index contributed by atoms with van der Waals surface area (Å²) in [5.41, 5.74) is 0.842. The monoisotopic (exact) mass is 497 g/mol. The van der Waals surface area contributed by atoms with Gasteiger partial charge >= 0.3 is 6.01 Å². The number of aryl methyl sites for hydroxylation is 1. The number of hydrogen-bond acceptors (Lipinski definition) is 8. The maximum absolute atomic E-state index is 15.2. The second-order valence-corrected chi connectivity index (χ2v) is 10.2. The van der Waals surface area contributed by atoms with Gasteiger partial charge in [-0.15, -0.1) is 0 Å². The average Bonchev–Trinajstić information content (AvgIpc) is 3.43. The molecule has 0 unspecified atom stereocenters. The fourth-order valence-electron chi connectivity index (χ4n) is 4.05. The summed E-state index contributed by atoms with van der Waals surface area (Å²) >= 11 is 0. The molecular formula is C25H29F2N7O2. The Morgan fingerprint density at radius 3 is 2.47 bits per heavy atom. The normalized spacial score (nSPS) is 15.0. The van der Waals surface area contributed by atoms with Crippen molar-refractivity contribution < 1.29 is 18.0 Å². The molecule has 0 saturated carbocycles. The van der Waals surface area contributed by atoms with E-state index in [0.29, 0.717) is 34.4 Å². The third-order valence-electron chi connectivity index (χ3n) is 6.12. The molecule has 1 aliphatic rings. The van der Waals surface area contributed by atoms with Gasteiger partial charge in [-0.2, -0.15) is 9.97 Å². The SMILES string of the molecule is Cc1cc2c(F)c(Oc3nc(Nc4cc(C(C)(C)C)on4)cc(N4CCN(C)CC4)n3)c(F)cc2[nH]1. The van der Waals surface area contributed by atoms with Crippen LogP contribution in [0, 0.1) is 18.6 Å². The molecule has 0 amide bonds. The lowest BCUT2D eigenvalue weighted by Crippen LogP contribution is -2.44. The fourth-order valence-corrected chi connectivity index (χ4v) is 4.05. The minimum atomic E-state index is -0.851. The zero-order valence-electron chi connectivity index (χ0n) is 20.9. The first-order chi connectivity index (χ1) is 17.1. The lowest BCUT2D eigenvalue weighted by atomic mass is 9.93. The Balaban J connectivity index is 1.51. The molecule has 4 aromatic rings. The zero-order chi connectivity index (χ0) is 25.6. The molecule has 0 atom stereocenters. The van der Waals surface area contributed by atoms with E-state index >= 15 is 4.39 Å². The maximum atomic E-state index is 15.2. The zero-order valence-corrected chi connectivity index (χ0v) is 20.9. The summed E-state index contributed by atoms with van der Waals surface area (Å²) in [6.45, 7) is 11.0. The van der Waals surface area contributed by atoms with Gasteiger partial charge in [0.15, 0.2) is 17.5 Å². The predicted octanol–water partition coefficient (Wildman–Crippen LogP) is 5.12. The number of hydrogen-bond donors (Lipinski definition) is 2. The summed E-state index contributed by atoms with van der Waals surface area (Å²) in [5, 5.41) is 7.42. The van der Waals surface area contributed by atoms with Crippen molar-refractivity contribution >= 4 is 28.4 Å². The Morgan fingerprint density at radius 1 is 1.03 bits per heavy atom. The van der Waals surface area contributed by atoms with E-state index in [1.807, 2.05) is 20.8 Å². The molecule has 190 valence electrons. The van der Waals surface area contributed by atoms with E-state index in [-0.39, 0.29) is 16.8 Å². The Kier molecular flexibility index (Phi) is 6.03. The summed E-state index contributed by atoms with van der Waals surface area (Å²) in [5.74, 6) is -0.124. The molecule has 5 rings (SSSR count). The highest BCUT2D eigenvalue weighted by Gasteiger charge is 2.23. The molecule has 0 spiro atoms. The van der Waals surface area contributed by atoms with Crippen LogP contribution in [0.2, 0.25) is 0 Å². The summed E-state index contributed by atoms with van der Waals surface area (Å²) in [6, 6.07) is 6.17. The maximum Gasteiger partial charge on any atom is 0.326 e. The molecule has 1 saturated heterocycles. The predicted molar refractivity (Wildman–Crippen MR) is 133 cm³/mol. The number of benzene rings is 1. The van der Waals surface area contributed by atoms with Crippen LogP contribution in [0.4, 0.5) is 26.2 Å². The number of rotatable bonds is 5. The molecule has 36 heavy (non-hydrogen) atoms. The quantitative estimate of drug-likeness (QED) is 0.392. The highest BCUT2D eigenvalue weighted by Crippen LogP contribution is 2.34. The smallest absolute Gasteiger partial charge is 0.326 e. The van der Waals surface area contributed by atoms with Gasteiger partial charge in [0.2, 0.25) is 5.75 Å². The first kappa shape index (κ1) is 24.0. The van der Waals surface area contributed by atoms with E-state index in [9.17, 15) is 4.39 Å². The van der Waals surface area contributed by atoms with Gasteiger partial charge in [0.1, 0.15) is 17.4 Å². The van der Waals surface area contributed by atoms with E-state index in [4.69, 9.17) is 9.26 Å². The molecule has 0 bridgehead atoms. The Labute approximate surface area is 207 Å². The van der Waals surface area contributed by atoms with Crippen LogP contribution < -0.4 is 15.0 Å². The van der Waals surface area contributed by atoms with Crippen molar-refractivity contribution in [2.75, 3.05) is 43.4 Å². The number of aromatic amines is 1. The van der Waals surface area contributed by atoms with E-state index in [0.717, 1.165) is 26.2 Å². The van der Waals surface area contributed by atoms with Crippen molar-refractivity contribution in [1.82, 2.24) is 25.0 Å². The van der Waals surface area contributed by atoms with Gasteiger partial charge in [0.25, 0.3) is 0 Å². The molecule has 1 aliphatic heterocycles. The largest absolute Gasteiger partial charge is 0.418 e. The third-order valence-corrected chi connectivity index (χ3v) is 6.12. The number of ether oxygens (including phenoxy) is 1. The van der Waals surface area contributed by atoms with Gasteiger partial charge in [-0.25, -0.2) is 8.78 Å². The first-order valence-corrected chi connectivity index (χ1v) is 11.8. The molecule has 4 heterocycles. The summed E-state index contributed by atoms with van der Waals surface area (Å²) in [6.07, 6.45) is 0. The van der Waals surface area contributed by atoms with Crippen molar-refractivity contribution in [1.29, 1.82) is 0 Å². The van der Waals surface area contributed by atoms with Crippen LogP contribution in [0.25, 0.3) is 10.9 Å². The highest BCUT2D eigenvalue weighted by atomic mass is 19.1. The van der Waals surface area contributed by atoms with Crippen LogP contribution in [0.5, 0.6) is 11.8 Å². The van der Waals surface area contributed by atoms with Gasteiger partial charge in [-0.1, -0.05) is 25.9 Å². The number of H-pyrrole nitrogens is 1. The summed E-state index contributed by atoms with van der Waals surface area (Å²) in [7, 11) is 2.06. The molecule has 0 radical (unpaired) electrons. The standard InChI is InChI=1S/C25H29F2N7O2/c1-14-10-15-17(28-14)11-16(26)23(22(15)27)35-24-30-19(29-20-12-18(36-32-20)25(2,3)4)13-21(31-24)34-8-6-33(5)7-9-34/h10-13,28H,6-9H2,1-5H3,(H,29,30,31,32). The number of anilines is 3. The van der Waals surface area contributed by atoms with Crippen molar-refractivity contribution in [3.05, 3.63) is 47.4 Å². The van der Waals surface area contributed by atoms with Gasteiger partial charge in [-0.05, 0) is 20.0 Å². The number of likely N-dealkylation sites (N-methyl/N-ethyl adjacent to an activating group) is 1. The molecule has 1 aromatic carbocycles. The molecule has 3 aromatic heterocycles. The number of halogens is 2. The van der Waals surface area contributed by atoms with Crippen molar-refractivity contribution in [2.24, 2.45) is 0 Å². The number of nitrogens with one attached hydrogen (secondary N) is 2. The Bertz CT molecular complexity index is 1400. The van der Waals surface area contributed by atoms with E-state index in [1.165, 1.54) is 6.07 Å². The molecule has 1 fully saturated rings. The second-order valence-electron chi connectivity index (χ2n) is 10.2. The van der Waals surface area contributed by atoms with E-state index in [1.54, 1.807) is 25.1 Å². The van der Waals surface area contributed by atoms with E-state index in [2.05, 4.69) is 42.3 Å². The molecule has 2 N–H and O–H groups in total. The number of nitrogens with zero attached hydrogens (tertiary/aromatic N) is 5. The summed E-state index contributed by atoms with van der Waals surface area (Å²) in [4.78, 5) is 16.1. The van der Waals surface area contributed by atoms with Crippen LogP contribution in [-0.4, -0.2) is 58.2 Å². The third kappa shape index (κ3) is 4.83. The molecular weight excluding hydrogens is 468 g/mol. The topological polar surface area (TPSA) is 95.3 Å². The fraction of sp³-hybridized carbons (Fsp3) is 0.400. The van der Waals surface area contributed by atoms with Crippen LogP contribution in [0.1, 0.15) is 32.2 Å². The first-order valence-electron chi connectivity index (χ1n) is 11.8. The summed E-state index contributed by atoms with van der Waals surface area (Å²) < 4.78 is 41.1. The van der Waals surface area contributed by atoms with Crippen LogP contribution in [-0.2, 0) is 5.41 Å². The number of fused-ring (bicyclic) bond motifs is 1. The van der Waals surface area contributed by atoms with Crippen molar-refractivity contribution in [3.8, 4) is 11.8 Å². The van der Waals surface area contributed by atoms with Crippen LogP contribution in [0.15, 0.2) is 28.8 Å². The lowest BCUT2D eigenvalue weighted by molar-refractivity contribution is 0.311. The Morgan fingerprint density at radius 2 is 1.78 bits per heavy atom. The van der Waals surface area contributed by atoms with Gasteiger partial charge in [0, 0.05) is 60.9 Å².